The molecule has 0 aliphatic rings. The Hall–Kier alpha value is -3.74. The van der Waals surface area contributed by atoms with Gasteiger partial charge in [0.15, 0.2) is 5.78 Å². The fraction of sp³-hybridized carbons (Fsp3) is 0.136. The van der Waals surface area contributed by atoms with Crippen molar-refractivity contribution in [1.29, 1.82) is 0 Å². The molecule has 6 nitrogen and oxygen atoms in total. The Labute approximate surface area is 166 Å². The van der Waals surface area contributed by atoms with Crippen LogP contribution in [0, 0.1) is 12.7 Å². The van der Waals surface area contributed by atoms with Crippen LogP contribution < -0.4 is 4.74 Å². The smallest absolute Gasteiger partial charge is 0.332 e. The summed E-state index contributed by atoms with van der Waals surface area (Å²) in [5.41, 5.74) is 2.36. The molecule has 0 saturated carbocycles. The number of carbonyl (C=O) groups excluding carboxylic acids is 1. The molecule has 0 unspecified atom stereocenters. The number of carboxylic acids is 1. The number of hydrogen-bond acceptors (Lipinski definition) is 4. The molecule has 148 valence electrons. The lowest BCUT2D eigenvalue weighted by Gasteiger charge is -2.10. The number of aryl methyl sites for hydroxylation is 1. The van der Waals surface area contributed by atoms with Gasteiger partial charge in [-0.3, -0.25) is 4.79 Å². The number of nitrogens with zero attached hydrogens (tertiary/aromatic N) is 2. The maximum atomic E-state index is 13.0. The number of hydrogen-bond donors (Lipinski definition) is 1. The number of methoxy groups -OCH3 is 1. The van der Waals surface area contributed by atoms with Gasteiger partial charge in [0.1, 0.15) is 11.6 Å². The molecule has 0 aliphatic carbocycles. The highest BCUT2D eigenvalue weighted by atomic mass is 19.1. The maximum absolute atomic E-state index is 13.0. The normalized spacial score (nSPS) is 11.3. The average Bonchev–Trinajstić information content (AvgIpc) is 3.13. The summed E-state index contributed by atoms with van der Waals surface area (Å²) in [5.74, 6) is -1.54. The van der Waals surface area contributed by atoms with E-state index in [4.69, 9.17) is 4.74 Å². The van der Waals surface area contributed by atoms with E-state index in [2.05, 4.69) is 4.98 Å². The summed E-state index contributed by atoms with van der Waals surface area (Å²) in [6.45, 7) is 1.87. The second-order valence-corrected chi connectivity index (χ2v) is 6.44. The Kier molecular flexibility index (Phi) is 5.87. The van der Waals surface area contributed by atoms with Gasteiger partial charge in [0.05, 0.1) is 24.8 Å². The zero-order valence-corrected chi connectivity index (χ0v) is 15.9. The molecule has 0 atom stereocenters. The monoisotopic (exact) mass is 394 g/mol. The number of carbonyl (C=O) groups is 2. The first-order chi connectivity index (χ1) is 13.9. The second-order valence-electron chi connectivity index (χ2n) is 6.44. The van der Waals surface area contributed by atoms with Gasteiger partial charge < -0.3 is 14.4 Å². The summed E-state index contributed by atoms with van der Waals surface area (Å²) in [6, 6.07) is 10.2. The van der Waals surface area contributed by atoms with Gasteiger partial charge in [0.2, 0.25) is 0 Å². The number of benzene rings is 2. The number of halogens is 1. The van der Waals surface area contributed by atoms with Crippen molar-refractivity contribution in [2.75, 3.05) is 7.11 Å². The number of imidazole rings is 1. The molecule has 0 amide bonds. The van der Waals surface area contributed by atoms with Crippen LogP contribution >= 0.6 is 0 Å². The predicted octanol–water partition coefficient (Wildman–Crippen LogP) is 4.07. The molecule has 1 aromatic heterocycles. The average molecular weight is 394 g/mol. The van der Waals surface area contributed by atoms with Crippen LogP contribution in [0.5, 0.6) is 5.75 Å². The first-order valence-electron chi connectivity index (χ1n) is 8.79. The van der Waals surface area contributed by atoms with Crippen molar-refractivity contribution in [2.45, 2.75) is 13.3 Å². The minimum Gasteiger partial charge on any atom is -0.495 e. The Morgan fingerprint density at radius 1 is 1.21 bits per heavy atom. The molecule has 1 heterocycles. The van der Waals surface area contributed by atoms with Crippen LogP contribution in [0.2, 0.25) is 0 Å². The van der Waals surface area contributed by atoms with Crippen molar-refractivity contribution in [3.05, 3.63) is 83.2 Å². The van der Waals surface area contributed by atoms with Crippen molar-refractivity contribution >= 4 is 17.8 Å². The summed E-state index contributed by atoms with van der Waals surface area (Å²) in [6.07, 6.45) is 4.62. The number of Topliss-reactive ketones (excluding diaryl/α,β-unsaturated/α-hetero) is 1. The SMILES string of the molecule is COc1cc(/C=C(\CC(=O)c2ccc(F)cc2)C(=O)O)ccc1-n1cnc(C)c1. The molecule has 0 aliphatic heterocycles. The van der Waals surface area contributed by atoms with E-state index < -0.39 is 17.6 Å². The van der Waals surface area contributed by atoms with E-state index >= 15 is 0 Å². The minimum atomic E-state index is -1.20. The molecule has 0 fully saturated rings. The van der Waals surface area contributed by atoms with Crippen LogP contribution in [0.1, 0.15) is 28.0 Å². The van der Waals surface area contributed by atoms with Crippen LogP contribution in [0.25, 0.3) is 11.8 Å². The number of carboxylic acid groups (broad SMARTS) is 1. The van der Waals surface area contributed by atoms with Crippen LogP contribution in [0.15, 0.2) is 60.6 Å². The van der Waals surface area contributed by atoms with Gasteiger partial charge in [0.25, 0.3) is 0 Å². The van der Waals surface area contributed by atoms with E-state index in [1.807, 2.05) is 13.1 Å². The molecule has 0 saturated heterocycles. The molecule has 7 heteroatoms. The summed E-state index contributed by atoms with van der Waals surface area (Å²) in [7, 11) is 1.52. The molecule has 2 aromatic carbocycles. The number of aliphatic carboxylic acids is 1. The van der Waals surface area contributed by atoms with Gasteiger partial charge in [-0.05, 0) is 55.0 Å². The van der Waals surface area contributed by atoms with Gasteiger partial charge in [-0.15, -0.1) is 0 Å². The summed E-state index contributed by atoms with van der Waals surface area (Å²) < 4.78 is 20.3. The summed E-state index contributed by atoms with van der Waals surface area (Å²) >= 11 is 0. The van der Waals surface area contributed by atoms with Crippen LogP contribution in [0.3, 0.4) is 0 Å². The van der Waals surface area contributed by atoms with Crippen LogP contribution in [0.4, 0.5) is 4.39 Å². The number of aromatic nitrogens is 2. The Morgan fingerprint density at radius 2 is 1.93 bits per heavy atom. The molecular weight excluding hydrogens is 375 g/mol. The fourth-order valence-electron chi connectivity index (χ4n) is 2.85. The molecule has 3 rings (SSSR count). The van der Waals surface area contributed by atoms with E-state index in [0.29, 0.717) is 11.3 Å². The number of ether oxygens (including phenoxy) is 1. The third kappa shape index (κ3) is 4.76. The van der Waals surface area contributed by atoms with Crippen molar-refractivity contribution in [3.8, 4) is 11.4 Å². The van der Waals surface area contributed by atoms with E-state index in [9.17, 15) is 19.1 Å². The largest absolute Gasteiger partial charge is 0.495 e. The highest BCUT2D eigenvalue weighted by Gasteiger charge is 2.15. The maximum Gasteiger partial charge on any atom is 0.332 e. The quantitative estimate of drug-likeness (QED) is 0.483. The van der Waals surface area contributed by atoms with Gasteiger partial charge in [-0.1, -0.05) is 6.07 Å². The van der Waals surface area contributed by atoms with Crippen LogP contribution in [-0.2, 0) is 4.79 Å². The van der Waals surface area contributed by atoms with Gasteiger partial charge in [0, 0.05) is 23.8 Å². The standard InChI is InChI=1S/C22H19FN2O4/c1-14-12-25(13-24-14)19-8-3-15(10-21(19)29-2)9-17(22(27)28)11-20(26)16-4-6-18(23)7-5-16/h3-10,12-13H,11H2,1-2H3,(H,27,28)/b17-9+. The zero-order valence-electron chi connectivity index (χ0n) is 15.9. The Morgan fingerprint density at radius 3 is 2.52 bits per heavy atom. The lowest BCUT2D eigenvalue weighted by Crippen LogP contribution is -2.08. The highest BCUT2D eigenvalue weighted by molar-refractivity contribution is 6.05. The second kappa shape index (κ2) is 8.52. The van der Waals surface area contributed by atoms with E-state index in [1.54, 1.807) is 29.1 Å². The van der Waals surface area contributed by atoms with E-state index in [0.717, 1.165) is 11.4 Å². The molecular formula is C22H19FN2O4. The Bertz CT molecular complexity index is 1080. The lowest BCUT2D eigenvalue weighted by atomic mass is 10.0. The first-order valence-corrected chi connectivity index (χ1v) is 8.79. The Balaban J connectivity index is 1.89. The molecule has 0 radical (unpaired) electrons. The van der Waals surface area contributed by atoms with Crippen molar-refractivity contribution < 1.29 is 23.8 Å². The van der Waals surface area contributed by atoms with Crippen LogP contribution in [-0.4, -0.2) is 33.5 Å². The minimum absolute atomic E-state index is 0.0763. The third-order valence-corrected chi connectivity index (χ3v) is 4.33. The first kappa shape index (κ1) is 20.0. The van der Waals surface area contributed by atoms with Crippen molar-refractivity contribution in [1.82, 2.24) is 9.55 Å². The predicted molar refractivity (Wildman–Crippen MR) is 106 cm³/mol. The molecule has 29 heavy (non-hydrogen) atoms. The lowest BCUT2D eigenvalue weighted by molar-refractivity contribution is -0.132. The molecule has 0 spiro atoms. The van der Waals surface area contributed by atoms with E-state index in [1.165, 1.54) is 37.5 Å². The topological polar surface area (TPSA) is 81.4 Å². The van der Waals surface area contributed by atoms with Crippen molar-refractivity contribution in [3.63, 3.8) is 0 Å². The number of rotatable bonds is 7. The fourth-order valence-corrected chi connectivity index (χ4v) is 2.85. The zero-order chi connectivity index (χ0) is 21.0. The highest BCUT2D eigenvalue weighted by Crippen LogP contribution is 2.26. The van der Waals surface area contributed by atoms with Crippen molar-refractivity contribution in [2.24, 2.45) is 0 Å². The third-order valence-electron chi connectivity index (χ3n) is 4.33. The molecule has 1 N–H and O–H groups in total. The summed E-state index contributed by atoms with van der Waals surface area (Å²) in [5, 5.41) is 9.51. The molecule has 3 aromatic rings. The summed E-state index contributed by atoms with van der Waals surface area (Å²) in [4.78, 5) is 28.2. The number of ketones is 1. The van der Waals surface area contributed by atoms with Gasteiger partial charge in [-0.25, -0.2) is 14.2 Å². The van der Waals surface area contributed by atoms with Gasteiger partial charge >= 0.3 is 5.97 Å². The van der Waals surface area contributed by atoms with E-state index in [-0.39, 0.29) is 17.6 Å². The van der Waals surface area contributed by atoms with Gasteiger partial charge in [-0.2, -0.15) is 0 Å². The molecule has 0 bridgehead atoms.